The van der Waals surface area contributed by atoms with Crippen molar-refractivity contribution < 1.29 is 13.9 Å². The van der Waals surface area contributed by atoms with Gasteiger partial charge in [-0.05, 0) is 17.7 Å². The summed E-state index contributed by atoms with van der Waals surface area (Å²) in [5.74, 6) is -0.353. The molecular weight excluding hydrogens is 222 g/mol. The topological polar surface area (TPSA) is 53.6 Å². The number of fused-ring (bicyclic) bond motifs is 1. The van der Waals surface area contributed by atoms with Gasteiger partial charge in [-0.2, -0.15) is 0 Å². The highest BCUT2D eigenvalue weighted by Gasteiger charge is 2.40. The molecule has 0 N–H and O–H groups in total. The fourth-order valence-corrected chi connectivity index (χ4v) is 2.10. The molecule has 0 spiro atoms. The summed E-state index contributed by atoms with van der Waals surface area (Å²) in [6.07, 6.45) is 0. The maximum absolute atomic E-state index is 11.4. The number of ether oxygens (including phenoxy) is 2. The van der Waals surface area contributed by atoms with Crippen LogP contribution in [0.25, 0.3) is 11.1 Å². The number of oxazole rings is 1. The normalized spacial score (nSPS) is 18.2. The van der Waals surface area contributed by atoms with Crippen LogP contribution in [0, 0.1) is 0 Å². The third-order valence-electron chi connectivity index (χ3n) is 3.38. The molecule has 0 bridgehead atoms. The maximum atomic E-state index is 11.4. The first-order valence-corrected chi connectivity index (χ1v) is 5.39. The van der Waals surface area contributed by atoms with Crippen LogP contribution < -0.4 is 5.76 Å². The zero-order valence-corrected chi connectivity index (χ0v) is 9.73. The molecule has 0 unspecified atom stereocenters. The summed E-state index contributed by atoms with van der Waals surface area (Å²) in [5.41, 5.74) is 2.00. The third kappa shape index (κ3) is 1.36. The summed E-state index contributed by atoms with van der Waals surface area (Å²) in [7, 11) is 3.36. The fourth-order valence-electron chi connectivity index (χ4n) is 2.10. The molecular formula is C12H13NO4. The van der Waals surface area contributed by atoms with Gasteiger partial charge in [0.25, 0.3) is 0 Å². The van der Waals surface area contributed by atoms with Crippen molar-refractivity contribution in [2.24, 2.45) is 7.05 Å². The van der Waals surface area contributed by atoms with Crippen molar-refractivity contribution >= 4 is 11.1 Å². The molecule has 17 heavy (non-hydrogen) atoms. The van der Waals surface area contributed by atoms with E-state index in [0.717, 1.165) is 11.1 Å². The average Bonchev–Trinajstić information content (AvgIpc) is 2.55. The summed E-state index contributed by atoms with van der Waals surface area (Å²) in [5, 5.41) is 0. The molecule has 1 aliphatic rings. The Morgan fingerprint density at radius 3 is 2.76 bits per heavy atom. The van der Waals surface area contributed by atoms with Crippen molar-refractivity contribution in [3.8, 4) is 0 Å². The zero-order valence-electron chi connectivity index (χ0n) is 9.73. The van der Waals surface area contributed by atoms with Crippen LogP contribution in [0.1, 0.15) is 5.56 Å². The molecule has 0 atom stereocenters. The van der Waals surface area contributed by atoms with Gasteiger partial charge in [0, 0.05) is 14.2 Å². The maximum Gasteiger partial charge on any atom is 0.419 e. The van der Waals surface area contributed by atoms with Crippen LogP contribution in [0.15, 0.2) is 27.4 Å². The first kappa shape index (κ1) is 10.6. The minimum absolute atomic E-state index is 0.353. The van der Waals surface area contributed by atoms with Gasteiger partial charge < -0.3 is 13.9 Å². The predicted molar refractivity (Wildman–Crippen MR) is 61.0 cm³/mol. The minimum atomic E-state index is -0.374. The van der Waals surface area contributed by atoms with Crippen LogP contribution in [0.2, 0.25) is 0 Å². The number of hydrogen-bond acceptors (Lipinski definition) is 4. The number of rotatable bonds is 2. The second-order valence-corrected chi connectivity index (χ2v) is 4.30. The Hall–Kier alpha value is -1.59. The second-order valence-electron chi connectivity index (χ2n) is 4.30. The smallest absolute Gasteiger partial charge is 0.408 e. The highest BCUT2D eigenvalue weighted by Crippen LogP contribution is 2.34. The van der Waals surface area contributed by atoms with E-state index in [4.69, 9.17) is 13.9 Å². The molecule has 5 nitrogen and oxygen atoms in total. The first-order chi connectivity index (χ1) is 8.16. The van der Waals surface area contributed by atoms with Crippen LogP contribution in [-0.4, -0.2) is 24.9 Å². The fraction of sp³-hybridized carbons (Fsp3) is 0.417. The Labute approximate surface area is 97.5 Å². The lowest BCUT2D eigenvalue weighted by Gasteiger charge is -2.40. The lowest BCUT2D eigenvalue weighted by Crippen LogP contribution is -2.48. The highest BCUT2D eigenvalue weighted by atomic mass is 16.6. The van der Waals surface area contributed by atoms with Crippen molar-refractivity contribution in [3.05, 3.63) is 34.3 Å². The molecule has 0 amide bonds. The SMILES string of the molecule is COC1(c2ccc3oc(=O)n(C)c3c2)COC1. The van der Waals surface area contributed by atoms with Gasteiger partial charge in [-0.15, -0.1) is 0 Å². The summed E-state index contributed by atoms with van der Waals surface area (Å²) in [4.78, 5) is 11.4. The van der Waals surface area contributed by atoms with Gasteiger partial charge in [0.2, 0.25) is 0 Å². The lowest BCUT2D eigenvalue weighted by atomic mass is 9.91. The Kier molecular flexibility index (Phi) is 2.14. The Bertz CT molecular complexity index is 615. The van der Waals surface area contributed by atoms with Crippen LogP contribution in [0.5, 0.6) is 0 Å². The van der Waals surface area contributed by atoms with Crippen LogP contribution >= 0.6 is 0 Å². The van der Waals surface area contributed by atoms with E-state index in [-0.39, 0.29) is 11.4 Å². The van der Waals surface area contributed by atoms with Crippen molar-refractivity contribution in [2.75, 3.05) is 20.3 Å². The van der Waals surface area contributed by atoms with E-state index in [2.05, 4.69) is 0 Å². The van der Waals surface area contributed by atoms with Gasteiger partial charge in [-0.3, -0.25) is 4.57 Å². The predicted octanol–water partition coefficient (Wildman–Crippen LogP) is 1.00. The minimum Gasteiger partial charge on any atom is -0.408 e. The van der Waals surface area contributed by atoms with Gasteiger partial charge in [-0.25, -0.2) is 4.79 Å². The van der Waals surface area contributed by atoms with Crippen molar-refractivity contribution in [3.63, 3.8) is 0 Å². The number of methoxy groups -OCH3 is 1. The van der Waals surface area contributed by atoms with Gasteiger partial charge in [0.15, 0.2) is 5.58 Å². The molecule has 1 aromatic carbocycles. The number of hydrogen-bond donors (Lipinski definition) is 0. The molecule has 5 heteroatoms. The molecule has 0 aliphatic carbocycles. The molecule has 1 aliphatic heterocycles. The average molecular weight is 235 g/mol. The second kappa shape index (κ2) is 3.45. The van der Waals surface area contributed by atoms with Gasteiger partial charge >= 0.3 is 5.76 Å². The highest BCUT2D eigenvalue weighted by molar-refractivity contribution is 5.74. The van der Waals surface area contributed by atoms with Crippen LogP contribution in [-0.2, 0) is 22.1 Å². The van der Waals surface area contributed by atoms with E-state index in [0.29, 0.717) is 18.8 Å². The molecule has 1 saturated heterocycles. The van der Waals surface area contributed by atoms with Gasteiger partial charge in [0.1, 0.15) is 5.60 Å². The molecule has 0 saturated carbocycles. The first-order valence-electron chi connectivity index (χ1n) is 5.39. The molecule has 90 valence electrons. The van der Waals surface area contributed by atoms with E-state index >= 15 is 0 Å². The summed E-state index contributed by atoms with van der Waals surface area (Å²) in [6, 6.07) is 5.63. The molecule has 0 radical (unpaired) electrons. The summed E-state index contributed by atoms with van der Waals surface area (Å²) >= 11 is 0. The number of aryl methyl sites for hydroxylation is 1. The van der Waals surface area contributed by atoms with Gasteiger partial charge in [-0.1, -0.05) is 6.07 Å². The number of benzene rings is 1. The van der Waals surface area contributed by atoms with E-state index in [9.17, 15) is 4.79 Å². The largest absolute Gasteiger partial charge is 0.419 e. The summed E-state index contributed by atoms with van der Waals surface area (Å²) in [6.45, 7) is 1.08. The Morgan fingerprint density at radius 1 is 1.41 bits per heavy atom. The molecule has 1 aromatic heterocycles. The van der Waals surface area contributed by atoms with E-state index in [1.165, 1.54) is 4.57 Å². The van der Waals surface area contributed by atoms with Gasteiger partial charge in [0.05, 0.1) is 18.7 Å². The van der Waals surface area contributed by atoms with Crippen molar-refractivity contribution in [2.45, 2.75) is 5.60 Å². The Morgan fingerprint density at radius 2 is 2.18 bits per heavy atom. The molecule has 2 aromatic rings. The van der Waals surface area contributed by atoms with Crippen LogP contribution in [0.4, 0.5) is 0 Å². The van der Waals surface area contributed by atoms with E-state index in [1.54, 1.807) is 20.2 Å². The van der Waals surface area contributed by atoms with Crippen molar-refractivity contribution in [1.29, 1.82) is 0 Å². The van der Waals surface area contributed by atoms with E-state index in [1.807, 2.05) is 12.1 Å². The quantitative estimate of drug-likeness (QED) is 0.779. The summed E-state index contributed by atoms with van der Waals surface area (Å²) < 4.78 is 17.3. The number of nitrogens with zero attached hydrogens (tertiary/aromatic N) is 1. The standard InChI is InChI=1S/C12H13NO4/c1-13-9-5-8(12(15-2)6-16-7-12)3-4-10(9)17-11(13)14/h3-5H,6-7H2,1-2H3. The molecule has 3 rings (SSSR count). The van der Waals surface area contributed by atoms with E-state index < -0.39 is 0 Å². The number of aromatic nitrogens is 1. The molecule has 2 heterocycles. The Balaban J connectivity index is 2.19. The monoisotopic (exact) mass is 235 g/mol. The van der Waals surface area contributed by atoms with Crippen molar-refractivity contribution in [1.82, 2.24) is 4.57 Å². The third-order valence-corrected chi connectivity index (χ3v) is 3.38. The lowest BCUT2D eigenvalue weighted by molar-refractivity contribution is -0.202. The molecule has 1 fully saturated rings. The zero-order chi connectivity index (χ0) is 12.0. The van der Waals surface area contributed by atoms with Crippen LogP contribution in [0.3, 0.4) is 0 Å².